The Morgan fingerprint density at radius 2 is 2.15 bits per heavy atom. The summed E-state index contributed by atoms with van der Waals surface area (Å²) in [6.07, 6.45) is 0.767. The highest BCUT2D eigenvalue weighted by molar-refractivity contribution is 5.66. The van der Waals surface area contributed by atoms with Gasteiger partial charge >= 0.3 is 5.97 Å². The summed E-state index contributed by atoms with van der Waals surface area (Å²) in [4.78, 5) is 10.7. The number of nitrogens with zero attached hydrogens (tertiary/aromatic N) is 4. The molecule has 0 spiro atoms. The van der Waals surface area contributed by atoms with E-state index in [4.69, 9.17) is 5.11 Å². The number of aryl methyl sites for hydroxylation is 1. The third kappa shape index (κ3) is 3.63. The molecule has 0 radical (unpaired) electrons. The highest BCUT2D eigenvalue weighted by Gasteiger charge is 2.13. The first-order chi connectivity index (χ1) is 9.56. The zero-order valence-corrected chi connectivity index (χ0v) is 11.7. The van der Waals surface area contributed by atoms with Gasteiger partial charge in [0, 0.05) is 19.4 Å². The largest absolute Gasteiger partial charge is 0.481 e. The molecule has 0 fully saturated rings. The molecule has 0 saturated carbocycles. The van der Waals surface area contributed by atoms with Gasteiger partial charge in [0.05, 0.1) is 0 Å². The lowest BCUT2D eigenvalue weighted by Crippen LogP contribution is -2.15. The molecule has 0 saturated heterocycles. The Hall–Kier alpha value is -2.24. The van der Waals surface area contributed by atoms with Crippen LogP contribution in [-0.4, -0.2) is 31.3 Å². The number of hydrogen-bond donors (Lipinski definition) is 1. The first-order valence-electron chi connectivity index (χ1n) is 6.57. The molecule has 1 aromatic carbocycles. The lowest BCUT2D eigenvalue weighted by molar-refractivity contribution is -0.138. The summed E-state index contributed by atoms with van der Waals surface area (Å²) in [5.74, 6) is -0.0470. The number of carboxylic acids is 1. The second-order valence-electron chi connectivity index (χ2n) is 5.08. The van der Waals surface area contributed by atoms with Gasteiger partial charge in [-0.3, -0.25) is 4.79 Å². The number of tetrazole rings is 1. The number of rotatable bonds is 6. The van der Waals surface area contributed by atoms with Crippen LogP contribution in [0.3, 0.4) is 0 Å². The van der Waals surface area contributed by atoms with E-state index in [1.165, 1.54) is 11.1 Å². The Kier molecular flexibility index (Phi) is 4.45. The number of benzene rings is 1. The maximum absolute atomic E-state index is 10.7. The number of carbonyl (C=O) groups is 1. The van der Waals surface area contributed by atoms with Crippen molar-refractivity contribution < 1.29 is 9.90 Å². The van der Waals surface area contributed by atoms with E-state index in [1.54, 1.807) is 4.68 Å². The van der Waals surface area contributed by atoms with Crippen LogP contribution in [0.1, 0.15) is 30.3 Å². The zero-order valence-electron chi connectivity index (χ0n) is 11.7. The summed E-state index contributed by atoms with van der Waals surface area (Å²) >= 11 is 0. The molecule has 1 heterocycles. The van der Waals surface area contributed by atoms with Crippen molar-refractivity contribution in [3.8, 4) is 0 Å². The minimum absolute atomic E-state index is 0.00776. The van der Waals surface area contributed by atoms with Crippen molar-refractivity contribution in [1.29, 1.82) is 0 Å². The molecule has 0 aliphatic carbocycles. The van der Waals surface area contributed by atoms with E-state index in [-0.39, 0.29) is 12.3 Å². The highest BCUT2D eigenvalue weighted by atomic mass is 16.4. The highest BCUT2D eigenvalue weighted by Crippen LogP contribution is 2.13. The molecule has 0 aliphatic heterocycles. The predicted octanol–water partition coefficient (Wildman–Crippen LogP) is 1.68. The van der Waals surface area contributed by atoms with Gasteiger partial charge in [0.25, 0.3) is 0 Å². The van der Waals surface area contributed by atoms with Crippen LogP contribution in [0.25, 0.3) is 0 Å². The third-order valence-electron chi connectivity index (χ3n) is 3.22. The van der Waals surface area contributed by atoms with Gasteiger partial charge in [-0.2, -0.15) is 0 Å². The molecule has 1 unspecified atom stereocenters. The monoisotopic (exact) mass is 274 g/mol. The summed E-state index contributed by atoms with van der Waals surface area (Å²) in [5.41, 5.74) is 2.37. The number of hydrogen-bond acceptors (Lipinski definition) is 4. The Bertz CT molecular complexity index is 594. The van der Waals surface area contributed by atoms with Gasteiger partial charge in [0.2, 0.25) is 0 Å². The van der Waals surface area contributed by atoms with E-state index in [0.29, 0.717) is 13.0 Å². The van der Waals surface area contributed by atoms with Crippen molar-refractivity contribution in [1.82, 2.24) is 20.2 Å². The molecular formula is C14H18N4O2. The Balaban J connectivity index is 2.09. The van der Waals surface area contributed by atoms with Crippen molar-refractivity contribution in [2.75, 3.05) is 0 Å². The van der Waals surface area contributed by atoms with Gasteiger partial charge in [-0.25, -0.2) is 4.68 Å². The predicted molar refractivity (Wildman–Crippen MR) is 73.2 cm³/mol. The Labute approximate surface area is 117 Å². The van der Waals surface area contributed by atoms with Crippen molar-refractivity contribution in [3.05, 3.63) is 41.2 Å². The van der Waals surface area contributed by atoms with Crippen LogP contribution in [0.2, 0.25) is 0 Å². The SMILES string of the molecule is Cc1ccccc1Cc1nnnn1CC(C)CC(=O)O. The third-order valence-corrected chi connectivity index (χ3v) is 3.22. The average Bonchev–Trinajstić information content (AvgIpc) is 2.78. The molecule has 0 bridgehead atoms. The lowest BCUT2D eigenvalue weighted by atomic mass is 10.1. The summed E-state index contributed by atoms with van der Waals surface area (Å²) in [6.45, 7) is 4.45. The van der Waals surface area contributed by atoms with Crippen LogP contribution in [0.4, 0.5) is 0 Å². The van der Waals surface area contributed by atoms with Crippen molar-refractivity contribution in [2.45, 2.75) is 33.2 Å². The fourth-order valence-corrected chi connectivity index (χ4v) is 2.13. The molecular weight excluding hydrogens is 256 g/mol. The van der Waals surface area contributed by atoms with Crippen molar-refractivity contribution in [2.24, 2.45) is 5.92 Å². The topological polar surface area (TPSA) is 80.9 Å². The fraction of sp³-hybridized carbons (Fsp3) is 0.429. The summed E-state index contributed by atoms with van der Waals surface area (Å²) in [5, 5.41) is 20.5. The minimum Gasteiger partial charge on any atom is -0.481 e. The lowest BCUT2D eigenvalue weighted by Gasteiger charge is -2.10. The van der Waals surface area contributed by atoms with Gasteiger partial charge < -0.3 is 5.11 Å². The quantitative estimate of drug-likeness (QED) is 0.866. The van der Waals surface area contributed by atoms with Crippen LogP contribution < -0.4 is 0 Å². The number of aliphatic carboxylic acids is 1. The molecule has 106 valence electrons. The van der Waals surface area contributed by atoms with E-state index < -0.39 is 5.97 Å². The summed E-state index contributed by atoms with van der Waals surface area (Å²) < 4.78 is 1.69. The Morgan fingerprint density at radius 1 is 1.40 bits per heavy atom. The van der Waals surface area contributed by atoms with Gasteiger partial charge in [0.1, 0.15) is 0 Å². The van der Waals surface area contributed by atoms with Gasteiger partial charge in [-0.05, 0) is 34.4 Å². The minimum atomic E-state index is -0.800. The Morgan fingerprint density at radius 3 is 2.85 bits per heavy atom. The van der Waals surface area contributed by atoms with Crippen LogP contribution in [-0.2, 0) is 17.8 Å². The molecule has 6 nitrogen and oxygen atoms in total. The second kappa shape index (κ2) is 6.27. The van der Waals surface area contributed by atoms with Crippen molar-refractivity contribution >= 4 is 5.97 Å². The summed E-state index contributed by atoms with van der Waals surface area (Å²) in [7, 11) is 0. The van der Waals surface area contributed by atoms with E-state index in [2.05, 4.69) is 34.6 Å². The summed E-state index contributed by atoms with van der Waals surface area (Å²) in [6, 6.07) is 8.09. The molecule has 1 atom stereocenters. The van der Waals surface area contributed by atoms with Crippen LogP contribution in [0, 0.1) is 12.8 Å². The van der Waals surface area contributed by atoms with Gasteiger partial charge in [-0.15, -0.1) is 5.10 Å². The number of aromatic nitrogens is 4. The maximum Gasteiger partial charge on any atom is 0.303 e. The molecule has 2 aromatic rings. The fourth-order valence-electron chi connectivity index (χ4n) is 2.13. The van der Waals surface area contributed by atoms with E-state index in [1.807, 2.05) is 19.1 Å². The first-order valence-corrected chi connectivity index (χ1v) is 6.57. The molecule has 0 aliphatic rings. The molecule has 0 amide bonds. The van der Waals surface area contributed by atoms with Gasteiger partial charge in [-0.1, -0.05) is 31.2 Å². The molecule has 6 heteroatoms. The smallest absolute Gasteiger partial charge is 0.303 e. The van der Waals surface area contributed by atoms with Crippen LogP contribution in [0.15, 0.2) is 24.3 Å². The second-order valence-corrected chi connectivity index (χ2v) is 5.08. The van der Waals surface area contributed by atoms with Crippen LogP contribution >= 0.6 is 0 Å². The average molecular weight is 274 g/mol. The van der Waals surface area contributed by atoms with E-state index >= 15 is 0 Å². The van der Waals surface area contributed by atoms with Gasteiger partial charge in [0.15, 0.2) is 5.82 Å². The van der Waals surface area contributed by atoms with Crippen LogP contribution in [0.5, 0.6) is 0 Å². The molecule has 1 aromatic heterocycles. The maximum atomic E-state index is 10.7. The number of carboxylic acid groups (broad SMARTS) is 1. The normalized spacial score (nSPS) is 12.3. The van der Waals surface area contributed by atoms with E-state index in [9.17, 15) is 4.79 Å². The molecule has 1 N–H and O–H groups in total. The zero-order chi connectivity index (χ0) is 14.5. The van der Waals surface area contributed by atoms with E-state index in [0.717, 1.165) is 5.82 Å². The molecule has 20 heavy (non-hydrogen) atoms. The van der Waals surface area contributed by atoms with Crippen molar-refractivity contribution in [3.63, 3.8) is 0 Å². The standard InChI is InChI=1S/C14H18N4O2/c1-10(7-14(19)20)9-18-13(15-16-17-18)8-12-6-4-3-5-11(12)2/h3-6,10H,7-9H2,1-2H3,(H,19,20). The molecule has 2 rings (SSSR count). The first kappa shape index (κ1) is 14.2.